The maximum Gasteiger partial charge on any atom is 0.338 e. The van der Waals surface area contributed by atoms with Gasteiger partial charge in [-0.15, -0.1) is 0 Å². The molecule has 2 aliphatic carbocycles. The van der Waals surface area contributed by atoms with Gasteiger partial charge in [-0.3, -0.25) is 0 Å². The number of carbonyl (C=O) groups excluding carboxylic acids is 1. The summed E-state index contributed by atoms with van der Waals surface area (Å²) in [5.41, 5.74) is 0.578. The van der Waals surface area contributed by atoms with Crippen LogP contribution in [0, 0.1) is 11.8 Å². The van der Waals surface area contributed by atoms with Crippen molar-refractivity contribution in [3.63, 3.8) is 0 Å². The van der Waals surface area contributed by atoms with Crippen LogP contribution in [0.1, 0.15) is 74.6 Å². The zero-order valence-electron chi connectivity index (χ0n) is 14.5. The van der Waals surface area contributed by atoms with Crippen LogP contribution in [0.3, 0.4) is 0 Å². The molecule has 2 atom stereocenters. The lowest BCUT2D eigenvalue weighted by Gasteiger charge is -2.37. The molecule has 3 heteroatoms. The van der Waals surface area contributed by atoms with Crippen molar-refractivity contribution in [3.05, 3.63) is 35.9 Å². The summed E-state index contributed by atoms with van der Waals surface area (Å²) in [5.74, 6) is 0.304. The van der Waals surface area contributed by atoms with Crippen LogP contribution in [0.25, 0.3) is 0 Å². The number of aliphatic hydroxyl groups is 1. The Bertz CT molecular complexity index is 501. The third-order valence-corrected chi connectivity index (χ3v) is 5.84. The zero-order valence-corrected chi connectivity index (χ0v) is 14.5. The van der Waals surface area contributed by atoms with Gasteiger partial charge < -0.3 is 9.84 Å². The summed E-state index contributed by atoms with van der Waals surface area (Å²) in [5, 5.41) is 11.0. The molecule has 0 spiro atoms. The van der Waals surface area contributed by atoms with E-state index < -0.39 is 6.10 Å². The molecule has 3 nitrogen and oxygen atoms in total. The van der Waals surface area contributed by atoms with Gasteiger partial charge in [0.15, 0.2) is 0 Å². The predicted molar refractivity (Wildman–Crippen MR) is 94.8 cm³/mol. The van der Waals surface area contributed by atoms with Crippen molar-refractivity contribution in [2.24, 2.45) is 11.8 Å². The zero-order chi connectivity index (χ0) is 16.8. The van der Waals surface area contributed by atoms with Crippen molar-refractivity contribution < 1.29 is 14.6 Å². The fourth-order valence-electron chi connectivity index (χ4n) is 4.42. The molecule has 1 aromatic carbocycles. The van der Waals surface area contributed by atoms with E-state index in [1.165, 1.54) is 38.5 Å². The van der Waals surface area contributed by atoms with Crippen LogP contribution in [-0.4, -0.2) is 23.3 Å². The molecule has 0 aliphatic heterocycles. The van der Waals surface area contributed by atoms with Crippen LogP contribution >= 0.6 is 0 Å². The van der Waals surface area contributed by atoms with Gasteiger partial charge in [0, 0.05) is 0 Å². The standard InChI is InChI=1S/C21H30O3/c22-19(16-10-4-1-5-11-16)20(17-12-6-2-7-13-17)24-21(23)18-14-8-3-9-15-18/h3,8-9,14-17,19-20,22H,1-2,4-7,10-13H2/t19-,20+/m1/s1. The van der Waals surface area contributed by atoms with Gasteiger partial charge in [0.2, 0.25) is 0 Å². The third kappa shape index (κ3) is 4.38. The Kier molecular flexibility index (Phi) is 6.30. The fraction of sp³-hybridized carbons (Fsp3) is 0.667. The predicted octanol–water partition coefficient (Wildman–Crippen LogP) is 4.73. The van der Waals surface area contributed by atoms with Crippen molar-refractivity contribution in [2.45, 2.75) is 76.4 Å². The Balaban J connectivity index is 1.72. The largest absolute Gasteiger partial charge is 0.456 e. The van der Waals surface area contributed by atoms with E-state index in [2.05, 4.69) is 0 Å². The molecule has 3 rings (SSSR count). The summed E-state index contributed by atoms with van der Waals surface area (Å²) in [6.07, 6.45) is 10.7. The minimum absolute atomic E-state index is 0.286. The summed E-state index contributed by atoms with van der Waals surface area (Å²) in [4.78, 5) is 12.6. The number of ether oxygens (including phenoxy) is 1. The van der Waals surface area contributed by atoms with E-state index in [1.807, 2.05) is 18.2 Å². The van der Waals surface area contributed by atoms with E-state index in [4.69, 9.17) is 4.74 Å². The van der Waals surface area contributed by atoms with Gasteiger partial charge in [-0.05, 0) is 49.7 Å². The quantitative estimate of drug-likeness (QED) is 0.794. The number of esters is 1. The van der Waals surface area contributed by atoms with E-state index in [1.54, 1.807) is 12.1 Å². The highest BCUT2D eigenvalue weighted by atomic mass is 16.6. The first kappa shape index (κ1) is 17.5. The molecular formula is C21H30O3. The first-order valence-corrected chi connectivity index (χ1v) is 9.70. The van der Waals surface area contributed by atoms with Gasteiger partial charge in [0.25, 0.3) is 0 Å². The van der Waals surface area contributed by atoms with Gasteiger partial charge in [-0.1, -0.05) is 56.7 Å². The molecule has 0 aromatic heterocycles. The van der Waals surface area contributed by atoms with Crippen LogP contribution in [0.2, 0.25) is 0 Å². The van der Waals surface area contributed by atoms with Gasteiger partial charge in [0.1, 0.15) is 6.10 Å². The van der Waals surface area contributed by atoms with Gasteiger partial charge >= 0.3 is 5.97 Å². The lowest BCUT2D eigenvalue weighted by Crippen LogP contribution is -2.43. The Morgan fingerprint density at radius 2 is 1.42 bits per heavy atom. The topological polar surface area (TPSA) is 46.5 Å². The molecule has 2 fully saturated rings. The molecule has 0 amide bonds. The van der Waals surface area contributed by atoms with Crippen molar-refractivity contribution in [1.29, 1.82) is 0 Å². The summed E-state index contributed by atoms with van der Waals surface area (Å²) in [6, 6.07) is 9.17. The number of rotatable bonds is 5. The molecule has 2 aliphatic rings. The molecule has 0 saturated heterocycles. The molecule has 0 radical (unpaired) electrons. The number of hydrogen-bond acceptors (Lipinski definition) is 3. The number of hydrogen-bond donors (Lipinski definition) is 1. The number of benzene rings is 1. The summed E-state index contributed by atoms with van der Waals surface area (Å²) in [7, 11) is 0. The molecule has 0 bridgehead atoms. The van der Waals surface area contributed by atoms with Crippen molar-refractivity contribution >= 4 is 5.97 Å². The van der Waals surface area contributed by atoms with Gasteiger partial charge in [-0.25, -0.2) is 4.79 Å². The van der Waals surface area contributed by atoms with Crippen LogP contribution in [0.4, 0.5) is 0 Å². The SMILES string of the molecule is O=C(O[C@@H](C1CCCCC1)[C@H](O)C1CCCCC1)c1ccccc1. The minimum Gasteiger partial charge on any atom is -0.456 e. The van der Waals surface area contributed by atoms with E-state index in [-0.39, 0.29) is 18.0 Å². The second-order valence-electron chi connectivity index (χ2n) is 7.52. The van der Waals surface area contributed by atoms with E-state index in [0.717, 1.165) is 25.7 Å². The summed E-state index contributed by atoms with van der Waals surface area (Å²) in [6.45, 7) is 0. The second-order valence-corrected chi connectivity index (χ2v) is 7.52. The van der Waals surface area contributed by atoms with Crippen LogP contribution in [0.15, 0.2) is 30.3 Å². The van der Waals surface area contributed by atoms with Crippen molar-refractivity contribution in [1.82, 2.24) is 0 Å². The minimum atomic E-state index is -0.513. The molecule has 0 unspecified atom stereocenters. The average Bonchev–Trinajstić information content (AvgIpc) is 2.67. The number of aliphatic hydroxyl groups excluding tert-OH is 1. The maximum atomic E-state index is 12.6. The Morgan fingerprint density at radius 1 is 0.875 bits per heavy atom. The summed E-state index contributed by atoms with van der Waals surface area (Å²) >= 11 is 0. The highest BCUT2D eigenvalue weighted by Gasteiger charge is 2.37. The van der Waals surface area contributed by atoms with Gasteiger partial charge in [0.05, 0.1) is 11.7 Å². The fourth-order valence-corrected chi connectivity index (χ4v) is 4.42. The Labute approximate surface area is 145 Å². The van der Waals surface area contributed by atoms with E-state index in [9.17, 15) is 9.90 Å². The van der Waals surface area contributed by atoms with E-state index in [0.29, 0.717) is 11.5 Å². The normalized spacial score (nSPS) is 22.7. The molecule has 1 aromatic rings. The number of carbonyl (C=O) groups is 1. The first-order valence-electron chi connectivity index (χ1n) is 9.70. The Hall–Kier alpha value is -1.35. The highest BCUT2D eigenvalue weighted by Crippen LogP contribution is 2.35. The monoisotopic (exact) mass is 330 g/mol. The molecule has 132 valence electrons. The molecular weight excluding hydrogens is 300 g/mol. The highest BCUT2D eigenvalue weighted by molar-refractivity contribution is 5.89. The smallest absolute Gasteiger partial charge is 0.338 e. The molecule has 2 saturated carbocycles. The maximum absolute atomic E-state index is 12.6. The lowest BCUT2D eigenvalue weighted by molar-refractivity contribution is -0.0763. The first-order chi connectivity index (χ1) is 11.8. The third-order valence-electron chi connectivity index (χ3n) is 5.84. The van der Waals surface area contributed by atoms with Gasteiger partial charge in [-0.2, -0.15) is 0 Å². The lowest BCUT2D eigenvalue weighted by atomic mass is 9.76. The van der Waals surface area contributed by atoms with Crippen LogP contribution in [0.5, 0.6) is 0 Å². The van der Waals surface area contributed by atoms with Crippen LogP contribution < -0.4 is 0 Å². The molecule has 24 heavy (non-hydrogen) atoms. The summed E-state index contributed by atoms with van der Waals surface area (Å²) < 4.78 is 5.90. The molecule has 1 N–H and O–H groups in total. The molecule has 0 heterocycles. The van der Waals surface area contributed by atoms with Crippen molar-refractivity contribution in [2.75, 3.05) is 0 Å². The average molecular weight is 330 g/mol. The van der Waals surface area contributed by atoms with E-state index >= 15 is 0 Å². The second kappa shape index (κ2) is 8.66. The van der Waals surface area contributed by atoms with Crippen molar-refractivity contribution in [3.8, 4) is 0 Å². The van der Waals surface area contributed by atoms with Crippen LogP contribution in [-0.2, 0) is 4.74 Å². The Morgan fingerprint density at radius 3 is 2.00 bits per heavy atom.